The van der Waals surface area contributed by atoms with Crippen LogP contribution < -0.4 is 47.9 Å². The Morgan fingerprint density at radius 3 is 1.58 bits per heavy atom. The third-order valence-electron chi connectivity index (χ3n) is 2.58. The molecule has 1 rings (SSSR count). The summed E-state index contributed by atoms with van der Waals surface area (Å²) in [6.45, 7) is 6.03. The molecule has 0 saturated carbocycles. The molecule has 0 aliphatic heterocycles. The molecule has 0 unspecified atom stereocenters. The Bertz CT molecular complexity index is 421. The summed E-state index contributed by atoms with van der Waals surface area (Å²) in [6.07, 6.45) is 0. The normalized spacial score (nSPS) is 10.3. The summed E-state index contributed by atoms with van der Waals surface area (Å²) in [4.78, 5) is 21.4. The Morgan fingerprint density at radius 2 is 1.32 bits per heavy atom. The van der Waals surface area contributed by atoms with Gasteiger partial charge in [-0.1, -0.05) is 45.0 Å². The fourth-order valence-corrected chi connectivity index (χ4v) is 1.54. The number of hydrogen-bond acceptors (Lipinski definition) is 4. The van der Waals surface area contributed by atoms with Crippen molar-refractivity contribution in [3.8, 4) is 0 Å². The minimum atomic E-state index is -1.72. The van der Waals surface area contributed by atoms with Crippen molar-refractivity contribution < 1.29 is 57.5 Å². The second kappa shape index (κ2) is 7.83. The van der Waals surface area contributed by atoms with E-state index in [-0.39, 0.29) is 48.7 Å². The van der Waals surface area contributed by atoms with Gasteiger partial charge in [-0.3, -0.25) is 0 Å². The number of carbonyl (C=O) groups excluding carboxylic acids is 2. The van der Waals surface area contributed by atoms with Crippen molar-refractivity contribution in [2.24, 2.45) is 0 Å². The van der Waals surface area contributed by atoms with Gasteiger partial charge in [0.2, 0.25) is 0 Å². The Morgan fingerprint density at radius 1 is 0.947 bits per heavy atom. The van der Waals surface area contributed by atoms with Crippen LogP contribution in [0.4, 0.5) is 0 Å². The topological polar surface area (TPSA) is 80.3 Å². The molecule has 0 saturated heterocycles. The van der Waals surface area contributed by atoms with Crippen molar-refractivity contribution >= 4 is 11.9 Å². The van der Waals surface area contributed by atoms with Gasteiger partial charge in [0.05, 0.1) is 17.9 Å². The molecule has 0 heterocycles. The zero-order valence-electron chi connectivity index (χ0n) is 12.0. The van der Waals surface area contributed by atoms with Gasteiger partial charge in [0.15, 0.2) is 0 Å². The molecule has 0 N–H and O–H groups in total. The summed E-state index contributed by atoms with van der Waals surface area (Å²) in [5, 5.41) is 21.4. The van der Waals surface area contributed by atoms with Crippen molar-refractivity contribution in [3.05, 3.63) is 35.4 Å². The third-order valence-corrected chi connectivity index (χ3v) is 2.58. The maximum absolute atomic E-state index is 10.7. The van der Waals surface area contributed by atoms with E-state index >= 15 is 0 Å². The van der Waals surface area contributed by atoms with Gasteiger partial charge < -0.3 is 19.8 Å². The van der Waals surface area contributed by atoms with Crippen molar-refractivity contribution in [3.63, 3.8) is 0 Å². The fourth-order valence-electron chi connectivity index (χ4n) is 1.54. The number of benzene rings is 1. The monoisotopic (exact) mass is 248 g/mol. The summed E-state index contributed by atoms with van der Waals surface area (Å²) < 4.78 is 0. The van der Waals surface area contributed by atoms with Crippen LogP contribution in [0.25, 0.3) is 0 Å². The van der Waals surface area contributed by atoms with E-state index in [1.807, 2.05) is 20.8 Å². The van der Waals surface area contributed by atoms with Crippen LogP contribution in [0.15, 0.2) is 24.3 Å². The quantitative estimate of drug-likeness (QED) is 0.393. The van der Waals surface area contributed by atoms with Crippen LogP contribution in [-0.4, -0.2) is 11.9 Å². The molecule has 1 aromatic carbocycles. The number of carbonyl (C=O) groups is 2. The molecule has 0 aromatic heterocycles. The van der Waals surface area contributed by atoms with Gasteiger partial charge >= 0.3 is 37.7 Å². The van der Waals surface area contributed by atoms with E-state index < -0.39 is 17.9 Å². The predicted octanol–water partition coefficient (Wildman–Crippen LogP) is -6.42. The van der Waals surface area contributed by atoms with Gasteiger partial charge in [0.1, 0.15) is 0 Å². The van der Waals surface area contributed by atoms with Crippen LogP contribution in [0.5, 0.6) is 0 Å². The maximum Gasteiger partial charge on any atom is 1.00 e. The Hall–Kier alpha value is -0.645. The largest absolute Gasteiger partial charge is 1.00 e. The molecular weight excluding hydrogens is 234 g/mol. The molecule has 0 radical (unpaired) electrons. The fraction of sp³-hybridized carbons (Fsp3) is 0.385. The Labute approximate surface area is 136 Å². The average molecular weight is 248 g/mol. The van der Waals surface area contributed by atoms with E-state index in [1.165, 1.54) is 12.1 Å². The first-order valence-electron chi connectivity index (χ1n) is 5.25. The van der Waals surface area contributed by atoms with Crippen LogP contribution in [0.1, 0.15) is 37.8 Å². The predicted molar refractivity (Wildman–Crippen MR) is 57.9 cm³/mol. The number of rotatable bonds is 3. The van der Waals surface area contributed by atoms with Gasteiger partial charge in [0, 0.05) is 0 Å². The summed E-state index contributed by atoms with van der Waals surface area (Å²) >= 11 is 0. The first kappa shape index (κ1) is 20.7. The third kappa shape index (κ3) is 5.47. The molecule has 0 aliphatic carbocycles. The first-order chi connectivity index (χ1) is 7.73. The van der Waals surface area contributed by atoms with Gasteiger partial charge in [-0.25, -0.2) is 0 Å². The number of carboxylic acids is 2. The summed E-state index contributed by atoms with van der Waals surface area (Å²) in [6, 6.07) is 6.40. The summed E-state index contributed by atoms with van der Waals surface area (Å²) in [5.74, 6) is -5.04. The van der Waals surface area contributed by atoms with Crippen molar-refractivity contribution in [2.45, 2.75) is 32.1 Å². The minimum absolute atomic E-state index is 0. The minimum Gasteiger partial charge on any atom is -0.549 e. The first-order valence-corrected chi connectivity index (χ1v) is 5.25. The van der Waals surface area contributed by atoms with Crippen LogP contribution >= 0.6 is 0 Å². The molecule has 1 aromatic rings. The molecule has 0 aliphatic rings. The van der Waals surface area contributed by atoms with Crippen molar-refractivity contribution in [2.75, 3.05) is 0 Å². The standard InChI is InChI=1S/C13H16O4.2Li/c1-13(2,3)9-6-4-8(5-7-9)10(11(14)15)12(16)17;;/h4-7,10H,1-3H3,(H,14,15)(H,16,17);;/q;2*+1/p-2. The number of carboxylic acid groups (broad SMARTS) is 2. The molecule has 0 amide bonds. The second-order valence-corrected chi connectivity index (χ2v) is 4.94. The van der Waals surface area contributed by atoms with Crippen LogP contribution in [0.2, 0.25) is 0 Å². The van der Waals surface area contributed by atoms with Gasteiger partial charge in [-0.05, 0) is 16.5 Å². The zero-order valence-corrected chi connectivity index (χ0v) is 12.0. The number of aliphatic carboxylic acids is 2. The van der Waals surface area contributed by atoms with Crippen LogP contribution in [0, 0.1) is 0 Å². The smallest absolute Gasteiger partial charge is 0.549 e. The van der Waals surface area contributed by atoms with Gasteiger partial charge in [-0.2, -0.15) is 0 Å². The van der Waals surface area contributed by atoms with Gasteiger partial charge in [0.25, 0.3) is 0 Å². The maximum atomic E-state index is 10.7. The van der Waals surface area contributed by atoms with Crippen LogP contribution in [-0.2, 0) is 15.0 Å². The van der Waals surface area contributed by atoms with E-state index in [1.54, 1.807) is 12.1 Å². The van der Waals surface area contributed by atoms with Crippen molar-refractivity contribution in [1.82, 2.24) is 0 Å². The molecule has 4 nitrogen and oxygen atoms in total. The SMILES string of the molecule is CC(C)(C)c1ccc(C(C(=O)[O-])C(=O)[O-])cc1.[Li+].[Li+]. The summed E-state index contributed by atoms with van der Waals surface area (Å²) in [5.41, 5.74) is 1.09. The molecule has 6 heteroatoms. The average Bonchev–Trinajstić information content (AvgIpc) is 2.15. The zero-order chi connectivity index (χ0) is 13.2. The molecule has 92 valence electrons. The van der Waals surface area contributed by atoms with E-state index in [9.17, 15) is 19.8 Å². The molecule has 0 fully saturated rings. The van der Waals surface area contributed by atoms with E-state index in [4.69, 9.17) is 0 Å². The van der Waals surface area contributed by atoms with E-state index in [2.05, 4.69) is 0 Å². The molecule has 19 heavy (non-hydrogen) atoms. The van der Waals surface area contributed by atoms with Crippen LogP contribution in [0.3, 0.4) is 0 Å². The second-order valence-electron chi connectivity index (χ2n) is 4.94. The molecule has 0 atom stereocenters. The Kier molecular flexibility index (Phi) is 8.51. The van der Waals surface area contributed by atoms with E-state index in [0.717, 1.165) is 5.56 Å². The summed E-state index contributed by atoms with van der Waals surface area (Å²) in [7, 11) is 0. The Balaban J connectivity index is 0. The van der Waals surface area contributed by atoms with Crippen molar-refractivity contribution in [1.29, 1.82) is 0 Å². The number of hydrogen-bond donors (Lipinski definition) is 0. The molecule has 0 bridgehead atoms. The van der Waals surface area contributed by atoms with E-state index in [0.29, 0.717) is 0 Å². The van der Waals surface area contributed by atoms with Gasteiger partial charge in [-0.15, -0.1) is 0 Å². The molecule has 0 spiro atoms. The molecular formula is C13H14Li2O4.